The molecule has 1 unspecified atom stereocenters. The molecule has 2 N–H and O–H groups in total. The highest BCUT2D eigenvalue weighted by Crippen LogP contribution is 2.16. The van der Waals surface area contributed by atoms with E-state index in [4.69, 9.17) is 14.2 Å². The van der Waals surface area contributed by atoms with Crippen molar-refractivity contribution in [3.8, 4) is 5.75 Å². The summed E-state index contributed by atoms with van der Waals surface area (Å²) in [4.78, 5) is 22.9. The van der Waals surface area contributed by atoms with Crippen molar-refractivity contribution in [1.82, 2.24) is 5.32 Å². The molecule has 0 radical (unpaired) electrons. The largest absolute Gasteiger partial charge is 0.494 e. The van der Waals surface area contributed by atoms with Crippen LogP contribution in [-0.2, 0) is 20.7 Å². The molecule has 0 saturated heterocycles. The summed E-state index contributed by atoms with van der Waals surface area (Å²) in [6.45, 7) is 7.87. The summed E-state index contributed by atoms with van der Waals surface area (Å²) >= 11 is 0. The van der Waals surface area contributed by atoms with Gasteiger partial charge >= 0.3 is 12.1 Å². The number of alkyl carbamates (subject to hydrolysis) is 1. The van der Waals surface area contributed by atoms with Crippen LogP contribution in [0, 0.1) is 0 Å². The number of amides is 1. The monoisotopic (exact) mass is 381 g/mol. The average molecular weight is 381 g/mol. The molecule has 1 rings (SSSR count). The number of hydrogen-bond acceptors (Lipinski definition) is 6. The molecule has 0 aliphatic carbocycles. The predicted octanol–water partition coefficient (Wildman–Crippen LogP) is 3.18. The predicted molar refractivity (Wildman–Crippen MR) is 102 cm³/mol. The van der Waals surface area contributed by atoms with E-state index >= 15 is 0 Å². The Morgan fingerprint density at radius 2 is 2.00 bits per heavy atom. The highest BCUT2D eigenvalue weighted by molar-refractivity contribution is 5.69. The second-order valence-electron chi connectivity index (χ2n) is 7.11. The third kappa shape index (κ3) is 11.1. The van der Waals surface area contributed by atoms with Crippen LogP contribution in [0.2, 0.25) is 0 Å². The zero-order valence-electron chi connectivity index (χ0n) is 16.6. The van der Waals surface area contributed by atoms with Crippen LogP contribution < -0.4 is 10.1 Å². The van der Waals surface area contributed by atoms with E-state index in [1.165, 1.54) is 0 Å². The third-order valence-electron chi connectivity index (χ3n) is 3.39. The number of nitrogens with one attached hydrogen (secondary N) is 1. The molecule has 1 aromatic carbocycles. The molecule has 0 saturated carbocycles. The molecule has 0 heterocycles. The summed E-state index contributed by atoms with van der Waals surface area (Å²) in [5.41, 5.74) is 0.367. The lowest BCUT2D eigenvalue weighted by molar-refractivity contribution is -0.143. The van der Waals surface area contributed by atoms with Crippen molar-refractivity contribution in [1.29, 1.82) is 0 Å². The molecule has 1 amide bonds. The van der Waals surface area contributed by atoms with Crippen LogP contribution >= 0.6 is 0 Å². The summed E-state index contributed by atoms with van der Waals surface area (Å²) in [6, 6.07) is 7.50. The van der Waals surface area contributed by atoms with Crippen molar-refractivity contribution in [2.45, 2.75) is 65.2 Å². The van der Waals surface area contributed by atoms with Crippen LogP contribution in [0.3, 0.4) is 0 Å². The van der Waals surface area contributed by atoms with E-state index < -0.39 is 17.9 Å². The molecular formula is C20H31NO6. The Morgan fingerprint density at radius 1 is 1.26 bits per heavy atom. The number of benzene rings is 1. The van der Waals surface area contributed by atoms with Gasteiger partial charge in [0, 0.05) is 6.42 Å². The fourth-order valence-corrected chi connectivity index (χ4v) is 2.25. The van der Waals surface area contributed by atoms with Gasteiger partial charge in [-0.1, -0.05) is 12.1 Å². The van der Waals surface area contributed by atoms with Crippen molar-refractivity contribution < 1.29 is 28.9 Å². The van der Waals surface area contributed by atoms with E-state index in [1.54, 1.807) is 27.7 Å². The van der Waals surface area contributed by atoms with Gasteiger partial charge in [0.1, 0.15) is 17.6 Å². The number of hydrogen-bond donors (Lipinski definition) is 2. The Labute approximate surface area is 161 Å². The van der Waals surface area contributed by atoms with Crippen LogP contribution in [0.25, 0.3) is 0 Å². The second-order valence-corrected chi connectivity index (χ2v) is 7.11. The minimum Gasteiger partial charge on any atom is -0.494 e. The Kier molecular flexibility index (Phi) is 9.64. The number of aliphatic hydroxyl groups excluding tert-OH is 1. The lowest BCUT2D eigenvalue weighted by atomic mass is 10.1. The number of aryl methyl sites for hydroxylation is 1. The first kappa shape index (κ1) is 22.8. The minimum atomic E-state index is -0.992. The molecular weight excluding hydrogens is 350 g/mol. The summed E-state index contributed by atoms with van der Waals surface area (Å²) in [6.07, 6.45) is 0.197. The van der Waals surface area contributed by atoms with Crippen molar-refractivity contribution in [3.05, 3.63) is 29.8 Å². The Hall–Kier alpha value is -2.28. The number of ether oxygens (including phenoxy) is 3. The molecule has 1 atom stereocenters. The molecule has 1 aromatic rings. The zero-order chi connectivity index (χ0) is 20.3. The van der Waals surface area contributed by atoms with E-state index in [9.17, 15) is 14.7 Å². The first-order valence-corrected chi connectivity index (χ1v) is 9.24. The van der Waals surface area contributed by atoms with Crippen molar-refractivity contribution in [2.24, 2.45) is 0 Å². The highest BCUT2D eigenvalue weighted by atomic mass is 16.6. The van der Waals surface area contributed by atoms with Gasteiger partial charge in [-0.25, -0.2) is 4.79 Å². The van der Waals surface area contributed by atoms with Gasteiger partial charge in [0.25, 0.3) is 0 Å². The Morgan fingerprint density at radius 3 is 2.67 bits per heavy atom. The van der Waals surface area contributed by atoms with Crippen molar-refractivity contribution >= 4 is 12.1 Å². The van der Waals surface area contributed by atoms with Gasteiger partial charge in [-0.3, -0.25) is 10.1 Å². The fourth-order valence-electron chi connectivity index (χ4n) is 2.25. The fraction of sp³-hybridized carbons (Fsp3) is 0.600. The molecule has 0 bridgehead atoms. The van der Waals surface area contributed by atoms with Crippen LogP contribution in [0.5, 0.6) is 5.75 Å². The van der Waals surface area contributed by atoms with E-state index in [0.717, 1.165) is 5.56 Å². The first-order valence-electron chi connectivity index (χ1n) is 9.24. The van der Waals surface area contributed by atoms with Crippen LogP contribution in [-0.4, -0.2) is 42.2 Å². The topological polar surface area (TPSA) is 94.1 Å². The maximum Gasteiger partial charge on any atom is 0.409 e. The van der Waals surface area contributed by atoms with Gasteiger partial charge in [0.2, 0.25) is 0 Å². The molecule has 0 spiro atoms. The molecule has 0 aromatic heterocycles. The number of carbonyl (C=O) groups is 2. The summed E-state index contributed by atoms with van der Waals surface area (Å²) < 4.78 is 15.6. The quantitative estimate of drug-likeness (QED) is 0.367. The zero-order valence-corrected chi connectivity index (χ0v) is 16.6. The van der Waals surface area contributed by atoms with E-state index in [2.05, 4.69) is 5.32 Å². The Bertz CT molecular complexity index is 596. The van der Waals surface area contributed by atoms with Crippen LogP contribution in [0.1, 0.15) is 52.5 Å². The molecule has 0 aliphatic rings. The molecule has 27 heavy (non-hydrogen) atoms. The number of rotatable bonds is 10. The summed E-state index contributed by atoms with van der Waals surface area (Å²) in [5.74, 6) is 0.479. The molecule has 152 valence electrons. The van der Waals surface area contributed by atoms with Gasteiger partial charge < -0.3 is 19.3 Å². The van der Waals surface area contributed by atoms with Crippen molar-refractivity contribution in [3.63, 3.8) is 0 Å². The smallest absolute Gasteiger partial charge is 0.409 e. The normalized spacial score (nSPS) is 12.2. The lowest BCUT2D eigenvalue weighted by Crippen LogP contribution is -2.39. The molecule has 0 aliphatic heterocycles. The SMILES string of the molecule is CCOC(=O)CCCOc1cccc(CCC(O)NC(=O)OC(C)(C)C)c1. The molecule has 0 fully saturated rings. The van der Waals surface area contributed by atoms with Crippen molar-refractivity contribution in [2.75, 3.05) is 13.2 Å². The van der Waals surface area contributed by atoms with E-state index in [-0.39, 0.29) is 5.97 Å². The van der Waals surface area contributed by atoms with Crippen LogP contribution in [0.4, 0.5) is 4.79 Å². The lowest BCUT2D eigenvalue weighted by Gasteiger charge is -2.21. The third-order valence-corrected chi connectivity index (χ3v) is 3.39. The number of esters is 1. The maximum atomic E-state index is 11.6. The summed E-state index contributed by atoms with van der Waals surface area (Å²) in [7, 11) is 0. The average Bonchev–Trinajstić information content (AvgIpc) is 2.56. The standard InChI is InChI=1S/C20H31NO6/c1-5-25-18(23)10-7-13-26-16-9-6-8-15(14-16)11-12-17(22)21-19(24)27-20(2,3)4/h6,8-9,14,17,22H,5,7,10-13H2,1-4H3,(H,21,24). The van der Waals surface area contributed by atoms with Gasteiger partial charge in [-0.15, -0.1) is 0 Å². The van der Waals surface area contributed by atoms with Gasteiger partial charge in [0.05, 0.1) is 13.2 Å². The highest BCUT2D eigenvalue weighted by Gasteiger charge is 2.18. The minimum absolute atomic E-state index is 0.221. The maximum absolute atomic E-state index is 11.6. The molecule has 7 nitrogen and oxygen atoms in total. The van der Waals surface area contributed by atoms with E-state index in [0.29, 0.717) is 44.6 Å². The first-order chi connectivity index (χ1) is 12.7. The Balaban J connectivity index is 2.35. The van der Waals surface area contributed by atoms with Gasteiger partial charge in [-0.05, 0) is 64.7 Å². The van der Waals surface area contributed by atoms with E-state index in [1.807, 2.05) is 24.3 Å². The van der Waals surface area contributed by atoms with Gasteiger partial charge in [0.15, 0.2) is 0 Å². The second kappa shape index (κ2) is 11.4. The molecule has 7 heteroatoms. The summed E-state index contributed by atoms with van der Waals surface area (Å²) in [5, 5.41) is 12.3. The van der Waals surface area contributed by atoms with Crippen LogP contribution in [0.15, 0.2) is 24.3 Å². The number of carbonyl (C=O) groups excluding carboxylic acids is 2. The van der Waals surface area contributed by atoms with Gasteiger partial charge in [-0.2, -0.15) is 0 Å². The number of aliphatic hydroxyl groups is 1.